The minimum absolute atomic E-state index is 0.0212. The first-order valence-corrected chi connectivity index (χ1v) is 22.9. The number of esters is 2. The number of thioether (sulfide) groups is 2. The van der Waals surface area contributed by atoms with E-state index in [4.69, 9.17) is 14.6 Å². The molecular weight excluding hydrogens is 923 g/mol. The third-order valence-corrected chi connectivity index (χ3v) is 13.7. The largest absolute Gasteiger partial charge is 0.461 e. The smallest absolute Gasteiger partial charge is 0.350 e. The first kappa shape index (κ1) is 48.9. The Labute approximate surface area is 395 Å². The summed E-state index contributed by atoms with van der Waals surface area (Å²) < 4.78 is 43.6. The molecule has 2 saturated heterocycles. The molecule has 352 valence electrons. The molecule has 0 bridgehead atoms. The van der Waals surface area contributed by atoms with Gasteiger partial charge in [-0.05, 0) is 58.7 Å². The summed E-state index contributed by atoms with van der Waals surface area (Å²) in [7, 11) is 0. The molecule has 6 aromatic rings. The van der Waals surface area contributed by atoms with E-state index in [0.717, 1.165) is 54.9 Å². The number of halogens is 2. The minimum Gasteiger partial charge on any atom is -0.461 e. The lowest BCUT2D eigenvalue weighted by Crippen LogP contribution is -2.37. The Hall–Kier alpha value is -7.00. The second-order valence-corrected chi connectivity index (χ2v) is 18.1. The van der Waals surface area contributed by atoms with Crippen molar-refractivity contribution in [1.29, 1.82) is 0 Å². The minimum atomic E-state index is -1.86. The molecule has 0 saturated carbocycles. The highest BCUT2D eigenvalue weighted by Gasteiger charge is 2.49. The van der Waals surface area contributed by atoms with Crippen LogP contribution < -0.4 is 22.0 Å². The fourth-order valence-electron chi connectivity index (χ4n) is 7.28. The van der Waals surface area contributed by atoms with Crippen LogP contribution in [0.1, 0.15) is 45.3 Å². The fourth-order valence-corrected chi connectivity index (χ4v) is 10.1. The van der Waals surface area contributed by atoms with Crippen molar-refractivity contribution in [2.45, 2.75) is 59.6 Å². The van der Waals surface area contributed by atoms with Gasteiger partial charge in [-0.25, -0.2) is 28.0 Å². The number of nitrogens with one attached hydrogen (secondary N) is 2. The summed E-state index contributed by atoms with van der Waals surface area (Å²) in [4.78, 5) is 80.7. The van der Waals surface area contributed by atoms with Crippen LogP contribution >= 0.6 is 23.5 Å². The maximum atomic E-state index is 16.2. The summed E-state index contributed by atoms with van der Waals surface area (Å²) in [5.74, 6) is -2.08. The molecule has 68 heavy (non-hydrogen) atoms. The van der Waals surface area contributed by atoms with E-state index in [1.807, 2.05) is 72.8 Å². The molecule has 2 aliphatic heterocycles. The number of aromatic nitrogens is 4. The van der Waals surface area contributed by atoms with E-state index in [2.05, 4.69) is 20.6 Å². The van der Waals surface area contributed by atoms with E-state index in [-0.39, 0.29) is 36.3 Å². The Morgan fingerprint density at radius 1 is 0.618 bits per heavy atom. The molecule has 2 aromatic heterocycles. The van der Waals surface area contributed by atoms with Gasteiger partial charge >= 0.3 is 23.3 Å². The zero-order valence-corrected chi connectivity index (χ0v) is 37.9. The van der Waals surface area contributed by atoms with Crippen LogP contribution in [-0.2, 0) is 19.1 Å². The molecule has 2 fully saturated rings. The van der Waals surface area contributed by atoms with Crippen molar-refractivity contribution in [3.8, 4) is 22.3 Å². The lowest BCUT2D eigenvalue weighted by Gasteiger charge is -2.21. The maximum absolute atomic E-state index is 16.2. The summed E-state index contributed by atoms with van der Waals surface area (Å²) in [5.41, 5.74) is 2.75. The lowest BCUT2D eigenvalue weighted by molar-refractivity contribution is -0.115. The van der Waals surface area contributed by atoms with Gasteiger partial charge in [0.15, 0.2) is 18.4 Å². The van der Waals surface area contributed by atoms with Gasteiger partial charge < -0.3 is 30.3 Å². The van der Waals surface area contributed by atoms with Crippen LogP contribution in [0.4, 0.5) is 20.4 Å². The summed E-state index contributed by atoms with van der Waals surface area (Å²) in [6.07, 6.45) is -3.62. The Morgan fingerprint density at radius 3 is 1.47 bits per heavy atom. The highest BCUT2D eigenvalue weighted by atomic mass is 32.2. The molecule has 0 unspecified atom stereocenters. The van der Waals surface area contributed by atoms with E-state index in [1.165, 1.54) is 38.4 Å². The number of benzene rings is 4. The molecule has 4 aromatic carbocycles. The first-order valence-electron chi connectivity index (χ1n) is 21.0. The fraction of sp³-hybridized carbons (Fsp3) is 0.250. The molecule has 0 radical (unpaired) electrons. The molecular formula is C48H44F2N6O10S2. The van der Waals surface area contributed by atoms with E-state index < -0.39 is 75.0 Å². The quantitative estimate of drug-likeness (QED) is 0.102. The van der Waals surface area contributed by atoms with Crippen LogP contribution in [0.15, 0.2) is 143 Å². The third kappa shape index (κ3) is 11.7. The monoisotopic (exact) mass is 966 g/mol. The molecule has 4 heterocycles. The van der Waals surface area contributed by atoms with Gasteiger partial charge in [-0.1, -0.05) is 84.9 Å². The Morgan fingerprint density at radius 2 is 1.04 bits per heavy atom. The number of anilines is 2. The molecule has 8 atom stereocenters. The summed E-state index contributed by atoms with van der Waals surface area (Å²) >= 11 is 1.97. The van der Waals surface area contributed by atoms with Gasteiger partial charge in [0.25, 0.3) is 0 Å². The zero-order chi connectivity index (χ0) is 48.5. The lowest BCUT2D eigenvalue weighted by atomic mass is 10.0. The Kier molecular flexibility index (Phi) is 16.0. The molecule has 2 amide bonds. The number of aliphatic hydroxyl groups is 2. The summed E-state index contributed by atoms with van der Waals surface area (Å²) in [5, 5.41) is 19.8. The number of carbonyl (C=O) groups is 4. The standard InChI is InChI=1S/C37H30FN3O6S.C11H14FN3O4S/c1-23(42)39-31-20-21-41(37(45)40-31)34-32(38)33(47-36(44)29-18-14-27(15-19-29)25-10-6-3-7-11-25)30(48-34)22-46-35(43)28-16-12-26(13-17-28)24-8-4-2-5-9-24;1-5(17)13-7-2-3-15(11(19)14-7)10-8(12)9(18)6(4-16)20-10/h2-21,30,32-34H,22H2,1H3,(H,39,40,42,45);2-3,6,8-10,16,18H,4H2,1H3,(H,13,14,17,19)/t30-,32+,33-,34-;6-,8+,9-,10-/m11/s1. The van der Waals surface area contributed by atoms with Gasteiger partial charge in [-0.2, -0.15) is 9.97 Å². The van der Waals surface area contributed by atoms with Crippen molar-refractivity contribution in [2.24, 2.45) is 0 Å². The second-order valence-electron chi connectivity index (χ2n) is 15.4. The number of ether oxygens (including phenoxy) is 2. The summed E-state index contributed by atoms with van der Waals surface area (Å²) in [6.45, 7) is 1.88. The number of hydrogen-bond donors (Lipinski definition) is 4. The maximum Gasteiger partial charge on any atom is 0.350 e. The Balaban J connectivity index is 0.000000286. The third-order valence-electron chi connectivity index (χ3n) is 10.6. The van der Waals surface area contributed by atoms with E-state index in [9.17, 15) is 38.3 Å². The summed E-state index contributed by atoms with van der Waals surface area (Å²) in [6, 6.07) is 35.7. The van der Waals surface area contributed by atoms with Gasteiger partial charge in [0.1, 0.15) is 35.1 Å². The molecule has 16 nitrogen and oxygen atoms in total. The molecule has 0 spiro atoms. The molecule has 8 rings (SSSR count). The number of carbonyl (C=O) groups excluding carboxylic acids is 4. The van der Waals surface area contributed by atoms with E-state index in [1.54, 1.807) is 36.4 Å². The molecule has 20 heteroatoms. The van der Waals surface area contributed by atoms with Crippen molar-refractivity contribution >= 4 is 58.9 Å². The van der Waals surface area contributed by atoms with Crippen molar-refractivity contribution in [1.82, 2.24) is 19.1 Å². The van der Waals surface area contributed by atoms with Crippen molar-refractivity contribution < 1.29 is 47.6 Å². The van der Waals surface area contributed by atoms with Crippen LogP contribution in [0.5, 0.6) is 0 Å². The molecule has 2 aliphatic rings. The predicted molar refractivity (Wildman–Crippen MR) is 253 cm³/mol. The highest BCUT2D eigenvalue weighted by molar-refractivity contribution is 8.00. The van der Waals surface area contributed by atoms with Gasteiger partial charge in [-0.15, -0.1) is 23.5 Å². The van der Waals surface area contributed by atoms with Gasteiger partial charge in [0.05, 0.1) is 28.2 Å². The average Bonchev–Trinajstić information content (AvgIpc) is 3.80. The predicted octanol–water partition coefficient (Wildman–Crippen LogP) is 6.08. The number of hydrogen-bond acceptors (Lipinski definition) is 14. The van der Waals surface area contributed by atoms with Crippen molar-refractivity contribution in [3.05, 3.63) is 166 Å². The van der Waals surface area contributed by atoms with Crippen LogP contribution in [-0.4, -0.2) is 101 Å². The first-order chi connectivity index (χ1) is 32.7. The van der Waals surface area contributed by atoms with Crippen molar-refractivity contribution in [2.75, 3.05) is 23.8 Å². The topological polar surface area (TPSA) is 221 Å². The van der Waals surface area contributed by atoms with Crippen LogP contribution in [0, 0.1) is 0 Å². The Bertz CT molecular complexity index is 2860. The normalized spacial score (nSPS) is 21.7. The number of rotatable bonds is 12. The van der Waals surface area contributed by atoms with Crippen LogP contribution in [0.3, 0.4) is 0 Å². The number of aliphatic hydroxyl groups excluding tert-OH is 2. The van der Waals surface area contributed by atoms with Crippen molar-refractivity contribution in [3.63, 3.8) is 0 Å². The average molecular weight is 967 g/mol. The van der Waals surface area contributed by atoms with Gasteiger partial charge in [0, 0.05) is 26.2 Å². The van der Waals surface area contributed by atoms with Gasteiger partial charge in [0.2, 0.25) is 11.8 Å². The molecule has 0 aliphatic carbocycles. The molecule has 4 N–H and O–H groups in total. The zero-order valence-electron chi connectivity index (χ0n) is 36.3. The van der Waals surface area contributed by atoms with E-state index >= 15 is 4.39 Å². The van der Waals surface area contributed by atoms with Crippen LogP contribution in [0.2, 0.25) is 0 Å². The number of amides is 2. The highest BCUT2D eigenvalue weighted by Crippen LogP contribution is 2.45. The number of nitrogens with zero attached hydrogens (tertiary/aromatic N) is 4. The number of alkyl halides is 2. The van der Waals surface area contributed by atoms with Gasteiger partial charge in [-0.3, -0.25) is 18.7 Å². The van der Waals surface area contributed by atoms with E-state index in [0.29, 0.717) is 5.56 Å². The van der Waals surface area contributed by atoms with Crippen LogP contribution in [0.25, 0.3) is 22.3 Å². The second kappa shape index (κ2) is 22.2. The SMILES string of the molecule is CC(=O)Nc1ccn([C@@H]2S[C@H](CO)[C@@H](O)[C@@H]2F)c(=O)n1.CC(=O)Nc1ccn([C@@H]2S[C@H](COC(=O)c3ccc(-c4ccccc4)cc3)[C@@H](OC(=O)c3ccc(-c4ccccc4)cc3)[C@@H]2F)c(=O)n1.